The Morgan fingerprint density at radius 2 is 1.90 bits per heavy atom. The second kappa shape index (κ2) is 7.60. The highest BCUT2D eigenvalue weighted by atomic mass is 16.5. The summed E-state index contributed by atoms with van der Waals surface area (Å²) in [4.78, 5) is 21.8. The number of aryl methyl sites for hydroxylation is 2. The van der Waals surface area contributed by atoms with Crippen molar-refractivity contribution in [2.75, 3.05) is 26.7 Å². The van der Waals surface area contributed by atoms with Crippen LogP contribution in [0.5, 0.6) is 0 Å². The van der Waals surface area contributed by atoms with Gasteiger partial charge < -0.3 is 9.42 Å². The minimum atomic E-state index is 0.0344. The summed E-state index contributed by atoms with van der Waals surface area (Å²) >= 11 is 0. The van der Waals surface area contributed by atoms with E-state index in [1.165, 1.54) is 0 Å². The van der Waals surface area contributed by atoms with Crippen molar-refractivity contribution in [3.8, 4) is 11.5 Å². The largest absolute Gasteiger partial charge is 0.337 e. The molecule has 0 bridgehead atoms. The van der Waals surface area contributed by atoms with Gasteiger partial charge in [0.05, 0.1) is 6.04 Å². The van der Waals surface area contributed by atoms with Gasteiger partial charge in [0.15, 0.2) is 11.5 Å². The molecule has 1 amide bonds. The summed E-state index contributed by atoms with van der Waals surface area (Å²) in [5.41, 5.74) is 2.65. The van der Waals surface area contributed by atoms with E-state index in [9.17, 15) is 4.79 Å². The highest BCUT2D eigenvalue weighted by Gasteiger charge is 2.46. The normalized spacial score (nSPS) is 21.1. The number of amides is 1. The van der Waals surface area contributed by atoms with Crippen molar-refractivity contribution in [3.63, 3.8) is 0 Å². The van der Waals surface area contributed by atoms with Gasteiger partial charge in [-0.15, -0.1) is 0 Å². The van der Waals surface area contributed by atoms with Gasteiger partial charge >= 0.3 is 0 Å². The summed E-state index contributed by atoms with van der Waals surface area (Å²) in [6.45, 7) is 4.47. The van der Waals surface area contributed by atoms with Crippen LogP contribution >= 0.6 is 0 Å². The van der Waals surface area contributed by atoms with E-state index in [2.05, 4.69) is 27.2 Å². The van der Waals surface area contributed by atoms with Crippen molar-refractivity contribution < 1.29 is 9.32 Å². The molecule has 2 aliphatic rings. The fourth-order valence-corrected chi connectivity index (χ4v) is 5.00. The molecule has 8 nitrogen and oxygen atoms in total. The van der Waals surface area contributed by atoms with E-state index in [-0.39, 0.29) is 17.4 Å². The maximum Gasteiger partial charge on any atom is 0.274 e. The van der Waals surface area contributed by atoms with Crippen LogP contribution in [-0.4, -0.2) is 62.3 Å². The molecule has 2 aliphatic heterocycles. The van der Waals surface area contributed by atoms with Crippen LogP contribution < -0.4 is 0 Å². The van der Waals surface area contributed by atoms with Gasteiger partial charge in [0.25, 0.3) is 11.8 Å². The van der Waals surface area contributed by atoms with E-state index in [0.717, 1.165) is 56.0 Å². The van der Waals surface area contributed by atoms with Crippen molar-refractivity contribution in [1.82, 2.24) is 29.7 Å². The summed E-state index contributed by atoms with van der Waals surface area (Å²) in [5, 5.41) is 8.65. The zero-order valence-electron chi connectivity index (χ0n) is 18.3. The predicted octanol–water partition coefficient (Wildman–Crippen LogP) is 3.08. The molecule has 3 aromatic rings. The van der Waals surface area contributed by atoms with Crippen LogP contribution in [0.4, 0.5) is 0 Å². The van der Waals surface area contributed by atoms with E-state index in [0.29, 0.717) is 11.6 Å². The summed E-state index contributed by atoms with van der Waals surface area (Å²) < 4.78 is 7.30. The smallest absolute Gasteiger partial charge is 0.274 e. The van der Waals surface area contributed by atoms with E-state index in [4.69, 9.17) is 4.52 Å². The molecule has 8 heteroatoms. The molecule has 0 N–H and O–H groups in total. The Bertz CT molecular complexity index is 1060. The van der Waals surface area contributed by atoms with Gasteiger partial charge in [-0.05, 0) is 56.8 Å². The molecule has 1 spiro atoms. The fourth-order valence-electron chi connectivity index (χ4n) is 5.00. The summed E-state index contributed by atoms with van der Waals surface area (Å²) in [7, 11) is 4.00. The van der Waals surface area contributed by atoms with E-state index in [1.807, 2.05) is 55.3 Å². The first-order valence-corrected chi connectivity index (χ1v) is 10.8. The third kappa shape index (κ3) is 3.65. The Labute approximate surface area is 181 Å². The number of nitrogens with zero attached hydrogens (tertiary/aromatic N) is 6. The number of benzene rings is 1. The minimum Gasteiger partial charge on any atom is -0.337 e. The number of carbonyl (C=O) groups is 1. The number of rotatable bonds is 3. The zero-order valence-corrected chi connectivity index (χ0v) is 18.3. The summed E-state index contributed by atoms with van der Waals surface area (Å²) in [5.74, 6) is 1.35. The third-order valence-electron chi connectivity index (χ3n) is 6.95. The van der Waals surface area contributed by atoms with Crippen LogP contribution in [0, 0.1) is 12.3 Å². The molecule has 2 fully saturated rings. The van der Waals surface area contributed by atoms with Crippen molar-refractivity contribution in [2.24, 2.45) is 12.5 Å². The predicted molar refractivity (Wildman–Crippen MR) is 115 cm³/mol. The minimum absolute atomic E-state index is 0.0344. The SMILES string of the molecule is Cc1cc(C(=O)N2CCC3(CC2)CC(c2noc(-c4ccccc4)n2)N(C)C3)nn1C. The van der Waals surface area contributed by atoms with Crippen molar-refractivity contribution in [3.05, 3.63) is 53.6 Å². The topological polar surface area (TPSA) is 80.3 Å². The quantitative estimate of drug-likeness (QED) is 0.648. The average Bonchev–Trinajstić information content (AvgIpc) is 3.47. The standard InChI is InChI=1S/C23H28N6O2/c1-16-13-18(25-28(16)3)22(30)29-11-9-23(10-12-29)14-19(27(2)15-23)20-24-21(31-26-20)17-7-5-4-6-8-17/h4-8,13,19H,9-12,14-15H2,1-3H3. The second-order valence-corrected chi connectivity index (χ2v) is 9.05. The van der Waals surface area contributed by atoms with Gasteiger partial charge in [-0.3, -0.25) is 14.4 Å². The lowest BCUT2D eigenvalue weighted by molar-refractivity contribution is 0.0587. The lowest BCUT2D eigenvalue weighted by atomic mass is 9.76. The molecule has 31 heavy (non-hydrogen) atoms. The second-order valence-electron chi connectivity index (χ2n) is 9.05. The maximum absolute atomic E-state index is 12.9. The van der Waals surface area contributed by atoms with Crippen LogP contribution in [0.25, 0.3) is 11.5 Å². The fraction of sp³-hybridized carbons (Fsp3) is 0.478. The van der Waals surface area contributed by atoms with Crippen LogP contribution in [-0.2, 0) is 7.05 Å². The average molecular weight is 421 g/mol. The van der Waals surface area contributed by atoms with Gasteiger partial charge in [0.2, 0.25) is 0 Å². The first kappa shape index (κ1) is 19.9. The number of piperidine rings is 1. The molecule has 4 heterocycles. The molecule has 0 saturated carbocycles. The molecular formula is C23H28N6O2. The summed E-state index contributed by atoms with van der Waals surface area (Å²) in [6.07, 6.45) is 2.95. The number of aromatic nitrogens is 4. The Hall–Kier alpha value is -3.00. The van der Waals surface area contributed by atoms with Crippen LogP contribution in [0.15, 0.2) is 40.9 Å². The summed E-state index contributed by atoms with van der Waals surface area (Å²) in [6, 6.07) is 11.9. The first-order valence-electron chi connectivity index (χ1n) is 10.8. The lowest BCUT2D eigenvalue weighted by Gasteiger charge is -2.39. The highest BCUT2D eigenvalue weighted by Crippen LogP contribution is 2.48. The molecule has 1 atom stereocenters. The molecule has 1 aromatic carbocycles. The number of likely N-dealkylation sites (tertiary alicyclic amines) is 2. The molecule has 0 aliphatic carbocycles. The number of hydrogen-bond donors (Lipinski definition) is 0. The Kier molecular flexibility index (Phi) is 4.89. The van der Waals surface area contributed by atoms with E-state index < -0.39 is 0 Å². The zero-order chi connectivity index (χ0) is 21.6. The van der Waals surface area contributed by atoms with Gasteiger partial charge in [0.1, 0.15) is 0 Å². The monoisotopic (exact) mass is 420 g/mol. The number of hydrogen-bond acceptors (Lipinski definition) is 6. The van der Waals surface area contributed by atoms with Gasteiger partial charge in [-0.2, -0.15) is 10.1 Å². The maximum atomic E-state index is 12.9. The highest BCUT2D eigenvalue weighted by molar-refractivity contribution is 5.92. The van der Waals surface area contributed by atoms with Gasteiger partial charge in [0, 0.05) is 37.9 Å². The van der Waals surface area contributed by atoms with Crippen molar-refractivity contribution in [2.45, 2.75) is 32.2 Å². The third-order valence-corrected chi connectivity index (χ3v) is 6.95. The molecule has 5 rings (SSSR count). The van der Waals surface area contributed by atoms with Crippen LogP contribution in [0.2, 0.25) is 0 Å². The van der Waals surface area contributed by atoms with Crippen molar-refractivity contribution in [1.29, 1.82) is 0 Å². The Morgan fingerprint density at radius 1 is 1.16 bits per heavy atom. The first-order chi connectivity index (χ1) is 14.9. The van der Waals surface area contributed by atoms with Gasteiger partial charge in [-0.25, -0.2) is 0 Å². The molecule has 0 radical (unpaired) electrons. The molecule has 2 saturated heterocycles. The van der Waals surface area contributed by atoms with Crippen LogP contribution in [0.3, 0.4) is 0 Å². The van der Waals surface area contributed by atoms with Crippen LogP contribution in [0.1, 0.15) is 47.3 Å². The van der Waals surface area contributed by atoms with Crippen molar-refractivity contribution >= 4 is 5.91 Å². The lowest BCUT2D eigenvalue weighted by Crippen LogP contribution is -2.44. The van der Waals surface area contributed by atoms with Gasteiger partial charge in [-0.1, -0.05) is 23.4 Å². The molecule has 1 unspecified atom stereocenters. The van der Waals surface area contributed by atoms with E-state index >= 15 is 0 Å². The Morgan fingerprint density at radius 3 is 2.58 bits per heavy atom. The molecule has 2 aromatic heterocycles. The molecular weight excluding hydrogens is 392 g/mol. The Balaban J connectivity index is 1.26. The molecule has 162 valence electrons. The van der Waals surface area contributed by atoms with E-state index in [1.54, 1.807) is 4.68 Å². The number of carbonyl (C=O) groups excluding carboxylic acids is 1.